The maximum absolute atomic E-state index is 14.0. The number of nitrogens with two attached hydrogens (primary N) is 1. The van der Waals surface area contributed by atoms with Crippen LogP contribution in [0.25, 0.3) is 0 Å². The normalized spacial score (nSPS) is 32.6. The molecule has 0 amide bonds. The summed E-state index contributed by atoms with van der Waals surface area (Å²) >= 11 is 3.16. The van der Waals surface area contributed by atoms with Gasteiger partial charge in [-0.15, -0.1) is 0 Å². The highest BCUT2D eigenvalue weighted by Crippen LogP contribution is 2.56. The number of aliphatic imine (C=N–C) groups is 1. The van der Waals surface area contributed by atoms with E-state index in [0.29, 0.717) is 10.9 Å². The Labute approximate surface area is 115 Å². The Kier molecular flexibility index (Phi) is 2.78. The van der Waals surface area contributed by atoms with Crippen LogP contribution in [0.1, 0.15) is 12.0 Å². The molecular weight excluding hydrogens is 325 g/mol. The maximum Gasteiger partial charge on any atom is 0.283 e. The zero-order valence-electron chi connectivity index (χ0n) is 9.62. The minimum Gasteiger partial charge on any atom is -0.462 e. The van der Waals surface area contributed by atoms with Gasteiger partial charge in [0.1, 0.15) is 11.9 Å². The molecule has 1 aliphatic heterocycles. The van der Waals surface area contributed by atoms with Crippen molar-refractivity contribution < 1.29 is 17.9 Å². The quantitative estimate of drug-likeness (QED) is 0.904. The molecule has 0 spiro atoms. The molecule has 2 aliphatic rings. The van der Waals surface area contributed by atoms with Gasteiger partial charge < -0.3 is 10.5 Å². The molecule has 0 bridgehead atoms. The van der Waals surface area contributed by atoms with Crippen molar-refractivity contribution in [1.29, 1.82) is 0 Å². The summed E-state index contributed by atoms with van der Waals surface area (Å²) in [5, 5.41) is 0. The minimum absolute atomic E-state index is 0.143. The molecule has 19 heavy (non-hydrogen) atoms. The lowest BCUT2D eigenvalue weighted by Gasteiger charge is -2.33. The van der Waals surface area contributed by atoms with E-state index >= 15 is 0 Å². The molecule has 3 nitrogen and oxygen atoms in total. The van der Waals surface area contributed by atoms with Crippen molar-refractivity contribution in [2.75, 3.05) is 0 Å². The zero-order chi connectivity index (χ0) is 13.8. The van der Waals surface area contributed by atoms with Crippen LogP contribution in [0, 0.1) is 11.7 Å². The van der Waals surface area contributed by atoms with Crippen molar-refractivity contribution in [3.8, 4) is 0 Å². The molecule has 102 valence electrons. The molecular formula is C12H10BrF3N2O. The number of ether oxygens (including phenoxy) is 1. The number of amidine groups is 1. The number of fused-ring (bicyclic) bond motifs is 1. The predicted octanol–water partition coefficient (Wildman–Crippen LogP) is 2.78. The van der Waals surface area contributed by atoms with Crippen LogP contribution in [0.5, 0.6) is 0 Å². The molecule has 1 fully saturated rings. The van der Waals surface area contributed by atoms with E-state index in [0.717, 1.165) is 6.07 Å². The number of hydrogen-bond donors (Lipinski definition) is 1. The van der Waals surface area contributed by atoms with Crippen molar-refractivity contribution in [2.45, 2.75) is 24.5 Å². The monoisotopic (exact) mass is 334 g/mol. The van der Waals surface area contributed by atoms with Gasteiger partial charge in [-0.2, -0.15) is 0 Å². The lowest BCUT2D eigenvalue weighted by atomic mass is 9.85. The third kappa shape index (κ3) is 1.82. The Bertz CT molecular complexity index is 566. The van der Waals surface area contributed by atoms with Crippen LogP contribution in [-0.4, -0.2) is 18.6 Å². The molecule has 0 saturated heterocycles. The fourth-order valence-corrected chi connectivity index (χ4v) is 2.97. The van der Waals surface area contributed by atoms with Crippen molar-refractivity contribution in [3.05, 3.63) is 34.1 Å². The Morgan fingerprint density at radius 1 is 1.47 bits per heavy atom. The first-order valence-electron chi connectivity index (χ1n) is 5.71. The van der Waals surface area contributed by atoms with E-state index in [2.05, 4.69) is 20.9 Å². The number of alkyl halides is 2. The molecule has 2 N–H and O–H groups in total. The number of rotatable bonds is 2. The fraction of sp³-hybridized carbons (Fsp3) is 0.417. The second-order valence-electron chi connectivity index (χ2n) is 4.70. The van der Waals surface area contributed by atoms with Crippen LogP contribution in [0.15, 0.2) is 27.7 Å². The van der Waals surface area contributed by atoms with Gasteiger partial charge in [0.2, 0.25) is 0 Å². The summed E-state index contributed by atoms with van der Waals surface area (Å²) < 4.78 is 46.9. The standard InChI is InChI=1S/C12H10BrF3N2O/c13-5-1-2-8(14)6(3-5)12(10(15)16)7-4-9(7)19-11(17)18-12/h1-3,7,9-10H,4H2,(H2,17,18)/t7?,9-,12-/m1/s1. The summed E-state index contributed by atoms with van der Waals surface area (Å²) in [5.41, 5.74) is 3.36. The van der Waals surface area contributed by atoms with Crippen molar-refractivity contribution in [2.24, 2.45) is 16.6 Å². The second kappa shape index (κ2) is 4.13. The van der Waals surface area contributed by atoms with Crippen LogP contribution >= 0.6 is 15.9 Å². The molecule has 1 heterocycles. The molecule has 1 saturated carbocycles. The SMILES string of the molecule is NC1=N[C@@](c2cc(Br)ccc2F)(C(F)F)C2C[C@H]2O1. The summed E-state index contributed by atoms with van der Waals surface area (Å²) in [5.74, 6) is -1.25. The van der Waals surface area contributed by atoms with Gasteiger partial charge in [0, 0.05) is 16.0 Å². The Hall–Kier alpha value is -1.24. The predicted molar refractivity (Wildman–Crippen MR) is 66.4 cm³/mol. The van der Waals surface area contributed by atoms with E-state index in [4.69, 9.17) is 10.5 Å². The summed E-state index contributed by atoms with van der Waals surface area (Å²) in [6.45, 7) is 0. The Morgan fingerprint density at radius 2 is 2.21 bits per heavy atom. The summed E-state index contributed by atoms with van der Waals surface area (Å²) in [7, 11) is 0. The topological polar surface area (TPSA) is 47.6 Å². The third-order valence-corrected chi connectivity index (χ3v) is 4.05. The van der Waals surface area contributed by atoms with Crippen LogP contribution in [-0.2, 0) is 10.3 Å². The number of hydrogen-bond acceptors (Lipinski definition) is 3. The van der Waals surface area contributed by atoms with Crippen LogP contribution in [0.3, 0.4) is 0 Å². The second-order valence-corrected chi connectivity index (χ2v) is 5.61. The maximum atomic E-state index is 14.0. The minimum atomic E-state index is -2.85. The summed E-state index contributed by atoms with van der Waals surface area (Å²) in [6.07, 6.45) is -2.85. The van der Waals surface area contributed by atoms with Crippen molar-refractivity contribution >= 4 is 22.0 Å². The number of nitrogens with zero attached hydrogens (tertiary/aromatic N) is 1. The molecule has 1 aromatic carbocycles. The molecule has 0 radical (unpaired) electrons. The Balaban J connectivity index is 2.21. The lowest BCUT2D eigenvalue weighted by Crippen LogP contribution is -2.43. The number of benzene rings is 1. The highest BCUT2D eigenvalue weighted by atomic mass is 79.9. The Morgan fingerprint density at radius 3 is 2.89 bits per heavy atom. The first-order chi connectivity index (χ1) is 8.95. The molecule has 1 unspecified atom stereocenters. The van der Waals surface area contributed by atoms with E-state index in [1.54, 1.807) is 0 Å². The average Bonchev–Trinajstić information content (AvgIpc) is 3.10. The molecule has 0 aromatic heterocycles. The van der Waals surface area contributed by atoms with Gasteiger partial charge in [-0.3, -0.25) is 0 Å². The summed E-state index contributed by atoms with van der Waals surface area (Å²) in [6, 6.07) is 3.62. The van der Waals surface area contributed by atoms with Gasteiger partial charge in [0.05, 0.1) is 0 Å². The van der Waals surface area contributed by atoms with Gasteiger partial charge in [0.25, 0.3) is 12.4 Å². The zero-order valence-corrected chi connectivity index (χ0v) is 11.2. The van der Waals surface area contributed by atoms with Crippen LogP contribution in [0.2, 0.25) is 0 Å². The van der Waals surface area contributed by atoms with E-state index in [1.165, 1.54) is 12.1 Å². The van der Waals surface area contributed by atoms with Gasteiger partial charge in [-0.1, -0.05) is 15.9 Å². The summed E-state index contributed by atoms with van der Waals surface area (Å²) in [4.78, 5) is 3.77. The van der Waals surface area contributed by atoms with E-state index in [1.807, 2.05) is 0 Å². The highest BCUT2D eigenvalue weighted by molar-refractivity contribution is 9.10. The van der Waals surface area contributed by atoms with Crippen molar-refractivity contribution in [3.63, 3.8) is 0 Å². The largest absolute Gasteiger partial charge is 0.462 e. The fourth-order valence-electron chi connectivity index (χ4n) is 2.60. The van der Waals surface area contributed by atoms with Gasteiger partial charge in [-0.05, 0) is 24.6 Å². The molecule has 1 aliphatic carbocycles. The number of halogens is 4. The van der Waals surface area contributed by atoms with Crippen LogP contribution < -0.4 is 5.73 Å². The highest BCUT2D eigenvalue weighted by Gasteiger charge is 2.64. The van der Waals surface area contributed by atoms with E-state index in [9.17, 15) is 13.2 Å². The third-order valence-electron chi connectivity index (χ3n) is 3.56. The molecule has 1 aromatic rings. The van der Waals surface area contributed by atoms with E-state index in [-0.39, 0.29) is 11.6 Å². The van der Waals surface area contributed by atoms with Crippen molar-refractivity contribution in [1.82, 2.24) is 0 Å². The molecule has 3 atom stereocenters. The van der Waals surface area contributed by atoms with Crippen LogP contribution in [0.4, 0.5) is 13.2 Å². The first kappa shape index (κ1) is 12.8. The van der Waals surface area contributed by atoms with Gasteiger partial charge in [0.15, 0.2) is 5.54 Å². The van der Waals surface area contributed by atoms with Gasteiger partial charge in [-0.25, -0.2) is 18.2 Å². The lowest BCUT2D eigenvalue weighted by molar-refractivity contribution is 0.0176. The van der Waals surface area contributed by atoms with Gasteiger partial charge >= 0.3 is 0 Å². The smallest absolute Gasteiger partial charge is 0.283 e. The van der Waals surface area contributed by atoms with E-state index < -0.39 is 29.8 Å². The average molecular weight is 335 g/mol. The first-order valence-corrected chi connectivity index (χ1v) is 6.50. The molecule has 7 heteroatoms. The molecule has 3 rings (SSSR count).